The Bertz CT molecular complexity index is 952. The minimum Gasteiger partial charge on any atom is -0.463 e. The van der Waals surface area contributed by atoms with Gasteiger partial charge in [-0.25, -0.2) is 13.1 Å². The zero-order valence-electron chi connectivity index (χ0n) is 16.9. The predicted molar refractivity (Wildman–Crippen MR) is 110 cm³/mol. The third-order valence-electron chi connectivity index (χ3n) is 4.22. The van der Waals surface area contributed by atoms with Crippen molar-refractivity contribution in [3.63, 3.8) is 0 Å². The molecule has 1 amide bonds. The van der Waals surface area contributed by atoms with E-state index in [4.69, 9.17) is 4.74 Å². The smallest absolute Gasteiger partial charge is 0.308 e. The second-order valence-corrected chi connectivity index (χ2v) is 8.80. The van der Waals surface area contributed by atoms with Crippen LogP contribution in [0.4, 0.5) is 0 Å². The van der Waals surface area contributed by atoms with Crippen LogP contribution in [0.2, 0.25) is 0 Å². The van der Waals surface area contributed by atoms with Crippen LogP contribution in [0.15, 0.2) is 53.4 Å². The topological polar surface area (TPSA) is 102 Å². The van der Waals surface area contributed by atoms with Gasteiger partial charge >= 0.3 is 5.97 Å². The Hall–Kier alpha value is -2.71. The second-order valence-electron chi connectivity index (χ2n) is 6.91. The Balaban J connectivity index is 2.22. The number of nitrogens with one attached hydrogen (secondary N) is 2. The van der Waals surface area contributed by atoms with Crippen LogP contribution in [0.3, 0.4) is 0 Å². The van der Waals surface area contributed by atoms with E-state index >= 15 is 0 Å². The number of esters is 1. The van der Waals surface area contributed by atoms with Gasteiger partial charge in [-0.15, -0.1) is 0 Å². The molecule has 0 fully saturated rings. The highest BCUT2D eigenvalue weighted by molar-refractivity contribution is 7.89. The maximum atomic E-state index is 12.7. The minimum atomic E-state index is -3.58. The van der Waals surface area contributed by atoms with E-state index in [1.807, 2.05) is 31.2 Å². The fourth-order valence-electron chi connectivity index (χ4n) is 2.67. The van der Waals surface area contributed by atoms with Crippen LogP contribution in [0.1, 0.15) is 47.8 Å². The van der Waals surface area contributed by atoms with Gasteiger partial charge in [-0.3, -0.25) is 9.59 Å². The molecular formula is C21H26N2O5S. The van der Waals surface area contributed by atoms with E-state index < -0.39 is 27.9 Å². The monoisotopic (exact) mass is 418 g/mol. The van der Waals surface area contributed by atoms with Crippen molar-refractivity contribution in [1.82, 2.24) is 10.0 Å². The lowest BCUT2D eigenvalue weighted by molar-refractivity contribution is -0.147. The van der Waals surface area contributed by atoms with Crippen LogP contribution < -0.4 is 10.0 Å². The first-order valence-electron chi connectivity index (χ1n) is 9.23. The summed E-state index contributed by atoms with van der Waals surface area (Å²) in [5, 5.41) is 2.84. The number of ether oxygens (including phenoxy) is 1. The molecule has 2 N–H and O–H groups in total. The van der Waals surface area contributed by atoms with E-state index in [0.29, 0.717) is 0 Å². The molecule has 2 aromatic carbocycles. The van der Waals surface area contributed by atoms with Gasteiger partial charge < -0.3 is 10.1 Å². The molecule has 0 aliphatic rings. The van der Waals surface area contributed by atoms with Crippen LogP contribution in [0, 0.1) is 6.92 Å². The SMILES string of the molecule is CNS(=O)(=O)c1ccc(C(=O)NC(CC(=O)OC(C)C)c2ccc(C)cc2)cc1. The Labute approximate surface area is 171 Å². The molecule has 8 heteroatoms. The van der Waals surface area contributed by atoms with Crippen molar-refractivity contribution in [2.24, 2.45) is 0 Å². The Kier molecular flexibility index (Phi) is 7.53. The van der Waals surface area contributed by atoms with Gasteiger partial charge in [-0.2, -0.15) is 0 Å². The Morgan fingerprint density at radius 3 is 2.10 bits per heavy atom. The van der Waals surface area contributed by atoms with Crippen molar-refractivity contribution >= 4 is 21.9 Å². The molecule has 0 bridgehead atoms. The molecule has 0 aromatic heterocycles. The number of carbonyl (C=O) groups excluding carboxylic acids is 2. The largest absolute Gasteiger partial charge is 0.463 e. The number of hydrogen-bond acceptors (Lipinski definition) is 5. The van der Waals surface area contributed by atoms with Gasteiger partial charge in [-0.1, -0.05) is 29.8 Å². The van der Waals surface area contributed by atoms with Crippen molar-refractivity contribution in [1.29, 1.82) is 0 Å². The molecular weight excluding hydrogens is 392 g/mol. The molecule has 0 saturated heterocycles. The third kappa shape index (κ3) is 6.40. The quantitative estimate of drug-likeness (QED) is 0.642. The molecule has 2 rings (SSSR count). The summed E-state index contributed by atoms with van der Waals surface area (Å²) in [7, 11) is -2.26. The van der Waals surface area contributed by atoms with E-state index in [1.165, 1.54) is 31.3 Å². The van der Waals surface area contributed by atoms with E-state index in [2.05, 4.69) is 10.0 Å². The van der Waals surface area contributed by atoms with Gasteiger partial charge in [0.15, 0.2) is 0 Å². The lowest BCUT2D eigenvalue weighted by Gasteiger charge is -2.20. The summed E-state index contributed by atoms with van der Waals surface area (Å²) in [6.45, 7) is 5.47. The first-order chi connectivity index (χ1) is 13.6. The summed E-state index contributed by atoms with van der Waals surface area (Å²) in [5.41, 5.74) is 2.12. The molecule has 7 nitrogen and oxygen atoms in total. The average molecular weight is 419 g/mol. The van der Waals surface area contributed by atoms with E-state index in [-0.39, 0.29) is 23.0 Å². The molecule has 1 unspecified atom stereocenters. The number of aryl methyl sites for hydroxylation is 1. The molecule has 1 atom stereocenters. The van der Waals surface area contributed by atoms with Gasteiger partial charge in [0, 0.05) is 5.56 Å². The first-order valence-corrected chi connectivity index (χ1v) is 10.7. The van der Waals surface area contributed by atoms with Gasteiger partial charge in [0.05, 0.1) is 23.5 Å². The fourth-order valence-corrected chi connectivity index (χ4v) is 3.40. The maximum Gasteiger partial charge on any atom is 0.308 e. The molecule has 2 aromatic rings. The summed E-state index contributed by atoms with van der Waals surface area (Å²) in [6, 6.07) is 12.5. The molecule has 0 radical (unpaired) electrons. The van der Waals surface area contributed by atoms with Gasteiger partial charge in [0.25, 0.3) is 5.91 Å². The average Bonchev–Trinajstić information content (AvgIpc) is 2.67. The molecule has 156 valence electrons. The van der Waals surface area contributed by atoms with Crippen molar-refractivity contribution in [2.75, 3.05) is 7.05 Å². The van der Waals surface area contributed by atoms with E-state index in [1.54, 1.807) is 13.8 Å². The number of rotatable bonds is 8. The van der Waals surface area contributed by atoms with Crippen LogP contribution in [-0.4, -0.2) is 33.4 Å². The zero-order valence-corrected chi connectivity index (χ0v) is 17.7. The van der Waals surface area contributed by atoms with Crippen molar-refractivity contribution in [3.05, 3.63) is 65.2 Å². The molecule has 0 aliphatic heterocycles. The van der Waals surface area contributed by atoms with Crippen LogP contribution >= 0.6 is 0 Å². The number of amides is 1. The zero-order chi connectivity index (χ0) is 21.6. The second kappa shape index (κ2) is 9.67. The lowest BCUT2D eigenvalue weighted by Crippen LogP contribution is -2.31. The Morgan fingerprint density at radius 2 is 1.59 bits per heavy atom. The summed E-state index contributed by atoms with van der Waals surface area (Å²) in [4.78, 5) is 24.9. The van der Waals surface area contributed by atoms with Crippen molar-refractivity contribution in [3.8, 4) is 0 Å². The Morgan fingerprint density at radius 1 is 1.00 bits per heavy atom. The normalized spacial score (nSPS) is 12.4. The number of carbonyl (C=O) groups is 2. The number of hydrogen-bond donors (Lipinski definition) is 2. The molecule has 0 spiro atoms. The van der Waals surface area contributed by atoms with Crippen molar-refractivity contribution in [2.45, 2.75) is 44.2 Å². The molecule has 0 aliphatic carbocycles. The predicted octanol–water partition coefficient (Wildman–Crippen LogP) is 2.72. The number of benzene rings is 2. The number of sulfonamides is 1. The maximum absolute atomic E-state index is 12.7. The first kappa shape index (κ1) is 22.6. The summed E-state index contributed by atoms with van der Waals surface area (Å²) in [5.74, 6) is -0.831. The molecule has 0 saturated carbocycles. The molecule has 0 heterocycles. The summed E-state index contributed by atoms with van der Waals surface area (Å²) in [6.07, 6.45) is -0.266. The highest BCUT2D eigenvalue weighted by Crippen LogP contribution is 2.20. The van der Waals surface area contributed by atoms with Crippen LogP contribution in [0.5, 0.6) is 0 Å². The highest BCUT2D eigenvalue weighted by Gasteiger charge is 2.21. The fraction of sp³-hybridized carbons (Fsp3) is 0.333. The lowest BCUT2D eigenvalue weighted by atomic mass is 10.0. The minimum absolute atomic E-state index is 0.0147. The van der Waals surface area contributed by atoms with Gasteiger partial charge in [0.1, 0.15) is 0 Å². The summed E-state index contributed by atoms with van der Waals surface area (Å²) < 4.78 is 31.1. The van der Waals surface area contributed by atoms with Crippen LogP contribution in [-0.2, 0) is 19.6 Å². The highest BCUT2D eigenvalue weighted by atomic mass is 32.2. The third-order valence-corrected chi connectivity index (χ3v) is 5.65. The van der Waals surface area contributed by atoms with Crippen LogP contribution in [0.25, 0.3) is 0 Å². The van der Waals surface area contributed by atoms with Gasteiger partial charge in [-0.05, 0) is 57.6 Å². The standard InChI is InChI=1S/C21H26N2O5S/c1-14(2)28-20(24)13-19(16-7-5-15(3)6-8-16)23-21(25)17-9-11-18(12-10-17)29(26,27)22-4/h5-12,14,19,22H,13H2,1-4H3,(H,23,25). The van der Waals surface area contributed by atoms with E-state index in [0.717, 1.165) is 11.1 Å². The van der Waals surface area contributed by atoms with Gasteiger partial charge in [0.2, 0.25) is 10.0 Å². The van der Waals surface area contributed by atoms with E-state index in [9.17, 15) is 18.0 Å². The molecule has 29 heavy (non-hydrogen) atoms. The summed E-state index contributed by atoms with van der Waals surface area (Å²) >= 11 is 0. The van der Waals surface area contributed by atoms with Crippen molar-refractivity contribution < 1.29 is 22.7 Å².